The van der Waals surface area contributed by atoms with Gasteiger partial charge < -0.3 is 20.3 Å². The molecule has 0 aromatic heterocycles. The number of hydrogen-bond acceptors (Lipinski definition) is 4. The topological polar surface area (TPSA) is 52.1 Å². The van der Waals surface area contributed by atoms with Crippen LogP contribution in [0.15, 0.2) is 4.99 Å². The Balaban J connectivity index is 1.59. The average Bonchev–Trinajstić information content (AvgIpc) is 2.73. The van der Waals surface area contributed by atoms with Crippen LogP contribution in [0.2, 0.25) is 0 Å². The molecule has 0 aliphatic carbocycles. The Morgan fingerprint density at radius 2 is 1.71 bits per heavy atom. The lowest BCUT2D eigenvalue weighted by Crippen LogP contribution is -2.51. The van der Waals surface area contributed by atoms with Gasteiger partial charge in [-0.3, -0.25) is 9.89 Å². The third-order valence-electron chi connectivity index (χ3n) is 5.93. The highest BCUT2D eigenvalue weighted by molar-refractivity contribution is 5.79. The molecule has 28 heavy (non-hydrogen) atoms. The Morgan fingerprint density at radius 3 is 2.39 bits per heavy atom. The Bertz CT molecular complexity index is 417. The molecule has 2 heterocycles. The van der Waals surface area contributed by atoms with Crippen molar-refractivity contribution in [2.75, 3.05) is 66.1 Å². The molecule has 0 saturated carbocycles. The van der Waals surface area contributed by atoms with Crippen molar-refractivity contribution in [2.45, 2.75) is 64.8 Å². The molecule has 2 N–H and O–H groups in total. The zero-order valence-corrected chi connectivity index (χ0v) is 18.7. The molecule has 6 nitrogen and oxygen atoms in total. The van der Waals surface area contributed by atoms with E-state index in [1.165, 1.54) is 64.6 Å². The zero-order chi connectivity index (χ0) is 20.0. The standard InChI is InChI=1S/C22H45N5O/c1-20(2)18-21(27-14-16-28-17-15-27)19-25-22(23-3)24-10-6-4-7-11-26-12-8-5-9-13-26/h20-21H,4-19H2,1-3H3,(H2,23,24,25). The van der Waals surface area contributed by atoms with E-state index in [1.54, 1.807) is 0 Å². The smallest absolute Gasteiger partial charge is 0.191 e. The van der Waals surface area contributed by atoms with Crippen molar-refractivity contribution in [3.8, 4) is 0 Å². The van der Waals surface area contributed by atoms with Crippen LogP contribution in [0.4, 0.5) is 0 Å². The van der Waals surface area contributed by atoms with Crippen LogP contribution >= 0.6 is 0 Å². The van der Waals surface area contributed by atoms with Gasteiger partial charge in [-0.15, -0.1) is 0 Å². The summed E-state index contributed by atoms with van der Waals surface area (Å²) in [6, 6.07) is 0.548. The second kappa shape index (κ2) is 14.2. The van der Waals surface area contributed by atoms with Crippen LogP contribution in [-0.4, -0.2) is 87.9 Å². The summed E-state index contributed by atoms with van der Waals surface area (Å²) in [5, 5.41) is 7.06. The first-order chi connectivity index (χ1) is 13.7. The van der Waals surface area contributed by atoms with Crippen molar-refractivity contribution in [3.05, 3.63) is 0 Å². The van der Waals surface area contributed by atoms with Gasteiger partial charge in [0, 0.05) is 39.3 Å². The first kappa shape index (κ1) is 23.4. The van der Waals surface area contributed by atoms with Gasteiger partial charge in [-0.25, -0.2) is 0 Å². The van der Waals surface area contributed by atoms with Gasteiger partial charge in [0.25, 0.3) is 0 Å². The molecular formula is C22H45N5O. The fourth-order valence-corrected chi connectivity index (χ4v) is 4.31. The maximum Gasteiger partial charge on any atom is 0.191 e. The molecule has 0 amide bonds. The number of unbranched alkanes of at least 4 members (excludes halogenated alkanes) is 2. The van der Waals surface area contributed by atoms with Crippen LogP contribution in [0, 0.1) is 5.92 Å². The third kappa shape index (κ3) is 9.57. The van der Waals surface area contributed by atoms with E-state index in [2.05, 4.69) is 39.3 Å². The van der Waals surface area contributed by atoms with E-state index in [-0.39, 0.29) is 0 Å². The summed E-state index contributed by atoms with van der Waals surface area (Å²) in [5.74, 6) is 1.64. The lowest BCUT2D eigenvalue weighted by atomic mass is 10.0. The predicted molar refractivity (Wildman–Crippen MR) is 119 cm³/mol. The molecule has 0 spiro atoms. The fraction of sp³-hybridized carbons (Fsp3) is 0.955. The second-order valence-corrected chi connectivity index (χ2v) is 8.77. The highest BCUT2D eigenvalue weighted by atomic mass is 16.5. The number of piperidine rings is 1. The predicted octanol–water partition coefficient (Wildman–Crippen LogP) is 2.55. The minimum Gasteiger partial charge on any atom is -0.379 e. The van der Waals surface area contributed by atoms with Crippen LogP contribution in [0.5, 0.6) is 0 Å². The average molecular weight is 396 g/mol. The molecule has 2 saturated heterocycles. The monoisotopic (exact) mass is 395 g/mol. The maximum atomic E-state index is 5.52. The molecule has 0 bridgehead atoms. The lowest BCUT2D eigenvalue weighted by molar-refractivity contribution is 0.0132. The molecule has 1 atom stereocenters. The highest BCUT2D eigenvalue weighted by Crippen LogP contribution is 2.13. The Hall–Kier alpha value is -0.850. The molecule has 0 aromatic carbocycles. The molecule has 2 rings (SSSR count). The number of ether oxygens (including phenoxy) is 1. The summed E-state index contributed by atoms with van der Waals surface area (Å²) in [5.41, 5.74) is 0. The van der Waals surface area contributed by atoms with Gasteiger partial charge in [0.15, 0.2) is 5.96 Å². The number of morpholine rings is 1. The number of guanidine groups is 1. The first-order valence-corrected chi connectivity index (χ1v) is 11.7. The van der Waals surface area contributed by atoms with Gasteiger partial charge in [-0.05, 0) is 57.7 Å². The Kier molecular flexibility index (Phi) is 11.9. The molecule has 0 radical (unpaired) electrons. The van der Waals surface area contributed by atoms with E-state index in [1.807, 2.05) is 7.05 Å². The van der Waals surface area contributed by atoms with Crippen LogP contribution < -0.4 is 10.6 Å². The zero-order valence-electron chi connectivity index (χ0n) is 18.7. The number of nitrogens with one attached hydrogen (secondary N) is 2. The highest BCUT2D eigenvalue weighted by Gasteiger charge is 2.22. The Morgan fingerprint density at radius 1 is 0.964 bits per heavy atom. The molecule has 2 aliphatic heterocycles. The van der Waals surface area contributed by atoms with E-state index in [4.69, 9.17) is 4.74 Å². The summed E-state index contributed by atoms with van der Waals surface area (Å²) in [6.45, 7) is 14.3. The summed E-state index contributed by atoms with van der Waals surface area (Å²) in [4.78, 5) is 9.63. The van der Waals surface area contributed by atoms with Crippen molar-refractivity contribution in [1.82, 2.24) is 20.4 Å². The van der Waals surface area contributed by atoms with Gasteiger partial charge in [0.1, 0.15) is 0 Å². The molecule has 6 heteroatoms. The maximum absolute atomic E-state index is 5.52. The van der Waals surface area contributed by atoms with Crippen molar-refractivity contribution in [3.63, 3.8) is 0 Å². The molecule has 2 aliphatic rings. The largest absolute Gasteiger partial charge is 0.379 e. The number of likely N-dealkylation sites (tertiary alicyclic amines) is 1. The van der Waals surface area contributed by atoms with Crippen LogP contribution in [0.25, 0.3) is 0 Å². The molecule has 0 aromatic rings. The van der Waals surface area contributed by atoms with Crippen LogP contribution in [-0.2, 0) is 4.74 Å². The van der Waals surface area contributed by atoms with E-state index < -0.39 is 0 Å². The molecule has 1 unspecified atom stereocenters. The number of rotatable bonds is 11. The normalized spacial score (nSPS) is 21.1. The molecule has 2 fully saturated rings. The van der Waals surface area contributed by atoms with E-state index in [0.29, 0.717) is 12.0 Å². The van der Waals surface area contributed by atoms with Gasteiger partial charge in [0.2, 0.25) is 0 Å². The lowest BCUT2D eigenvalue weighted by Gasteiger charge is -2.35. The Labute approximate surface area is 173 Å². The van der Waals surface area contributed by atoms with Crippen molar-refractivity contribution in [1.29, 1.82) is 0 Å². The summed E-state index contributed by atoms with van der Waals surface area (Å²) in [7, 11) is 1.87. The minimum atomic E-state index is 0.548. The first-order valence-electron chi connectivity index (χ1n) is 11.7. The second-order valence-electron chi connectivity index (χ2n) is 8.77. The van der Waals surface area contributed by atoms with Crippen molar-refractivity contribution in [2.24, 2.45) is 10.9 Å². The van der Waals surface area contributed by atoms with E-state index in [0.717, 1.165) is 45.4 Å². The van der Waals surface area contributed by atoms with Gasteiger partial charge in [-0.2, -0.15) is 0 Å². The van der Waals surface area contributed by atoms with Gasteiger partial charge >= 0.3 is 0 Å². The number of nitrogens with zero attached hydrogens (tertiary/aromatic N) is 3. The third-order valence-corrected chi connectivity index (χ3v) is 5.93. The van der Waals surface area contributed by atoms with Crippen molar-refractivity contribution >= 4 is 5.96 Å². The van der Waals surface area contributed by atoms with Gasteiger partial charge in [0.05, 0.1) is 13.2 Å². The van der Waals surface area contributed by atoms with Crippen LogP contribution in [0.3, 0.4) is 0 Å². The summed E-state index contributed by atoms with van der Waals surface area (Å²) < 4.78 is 5.52. The minimum absolute atomic E-state index is 0.548. The summed E-state index contributed by atoms with van der Waals surface area (Å²) in [6.07, 6.45) is 9.26. The molecular weight excluding hydrogens is 350 g/mol. The SMILES string of the molecule is CN=C(NCCCCCN1CCCCC1)NCC(CC(C)C)N1CCOCC1. The number of aliphatic imine (C=N–C) groups is 1. The van der Waals surface area contributed by atoms with E-state index >= 15 is 0 Å². The van der Waals surface area contributed by atoms with Gasteiger partial charge in [-0.1, -0.05) is 26.7 Å². The fourth-order valence-electron chi connectivity index (χ4n) is 4.31. The summed E-state index contributed by atoms with van der Waals surface area (Å²) >= 11 is 0. The number of hydrogen-bond donors (Lipinski definition) is 2. The quantitative estimate of drug-likeness (QED) is 0.320. The molecule has 164 valence electrons. The van der Waals surface area contributed by atoms with Crippen molar-refractivity contribution < 1.29 is 4.74 Å². The van der Waals surface area contributed by atoms with Crippen LogP contribution in [0.1, 0.15) is 58.8 Å². The van der Waals surface area contributed by atoms with E-state index in [9.17, 15) is 0 Å².